The third-order valence-electron chi connectivity index (χ3n) is 16.9. The average molecular weight is 1480 g/mol. The van der Waals surface area contributed by atoms with E-state index in [0.717, 1.165) is 4.57 Å². The Morgan fingerprint density at radius 2 is 1.13 bits per heavy atom. The minimum atomic E-state index is -5.05. The molecule has 3 aliphatic heterocycles. The monoisotopic (exact) mass is 1480 g/mol. The van der Waals surface area contributed by atoms with Crippen molar-refractivity contribution in [2.75, 3.05) is 71.1 Å². The van der Waals surface area contributed by atoms with Crippen molar-refractivity contribution in [3.8, 4) is 29.7 Å². The zero-order valence-corrected chi connectivity index (χ0v) is 59.6. The van der Waals surface area contributed by atoms with Gasteiger partial charge >= 0.3 is 21.3 Å². The Balaban J connectivity index is 0.922. The fourth-order valence-corrected chi connectivity index (χ4v) is 16.8. The molecule has 12 atom stereocenters. The van der Waals surface area contributed by atoms with Gasteiger partial charge in [-0.25, -0.2) is 38.5 Å². The number of phosphoric ester groups is 2. The topological polar surface area (TPSA) is 458 Å². The molecule has 0 saturated carbocycles. The number of H-pyrrole nitrogens is 1. The average Bonchev–Trinajstić information content (AvgIpc) is 1.35. The van der Waals surface area contributed by atoms with Gasteiger partial charge in [0.25, 0.3) is 14.1 Å². The van der Waals surface area contributed by atoms with E-state index in [0.29, 0.717) is 39.4 Å². The van der Waals surface area contributed by atoms with Gasteiger partial charge in [0.2, 0.25) is 5.95 Å². The molecule has 0 amide bonds. The Bertz CT molecular complexity index is 4500. The first-order valence-electron chi connectivity index (χ1n) is 32.8. The number of nitrogens with one attached hydrogen (secondary N) is 1. The highest BCUT2D eigenvalue weighted by atomic mass is 31.2. The molecule has 8 aromatic rings. The molecule has 3 fully saturated rings. The normalized spacial score (nSPS) is 22.1. The van der Waals surface area contributed by atoms with E-state index in [1.54, 1.807) is 43.1 Å². The number of anilines is 3. The number of methoxy groups -OCH3 is 2. The lowest BCUT2D eigenvalue weighted by atomic mass is 9.80. The molecule has 0 aliphatic carbocycles. The van der Waals surface area contributed by atoms with Gasteiger partial charge in [-0.15, -0.1) is 0 Å². The third kappa shape index (κ3) is 17.4. The third-order valence-corrected chi connectivity index (χ3v) is 22.1. The van der Waals surface area contributed by atoms with Crippen LogP contribution in [0.5, 0.6) is 11.5 Å². The SMILES string of the molecule is COc1ccc(C(OC[C@H]2O[C@@H](n3cnc4c(=O)[nH]c(N)nc43)C[C@@H]2OP(=O)(OCCC#N)OC[C@H]2O[C@@H](n3ccc(N)nc3=O)C[C@@H]2OP(=O)(OCCC#N)OC[C@H]2O[C@@H](n3cnc4c(N)ncnc43)C[C@@H]2OP(OCCC#N)N(C(C)C)C(C)C)(c2ccccc2)c2ccc(OC)cc2)cc1. The molecular weight excluding hydrogens is 1400 g/mol. The molecular formula is C65H78N17O18P3. The number of imidazole rings is 2. The van der Waals surface area contributed by atoms with Gasteiger partial charge in [0.1, 0.15) is 84.0 Å². The maximum absolute atomic E-state index is 15.8. The van der Waals surface area contributed by atoms with Crippen LogP contribution in [0, 0.1) is 34.0 Å². The van der Waals surface area contributed by atoms with Crippen LogP contribution in [0.2, 0.25) is 0 Å². The number of benzene rings is 3. The van der Waals surface area contributed by atoms with Gasteiger partial charge in [0.15, 0.2) is 22.6 Å². The maximum atomic E-state index is 15.8. The highest BCUT2D eigenvalue weighted by Crippen LogP contribution is 2.58. The number of rotatable bonds is 35. The smallest absolute Gasteiger partial charge is 0.475 e. The zero-order valence-electron chi connectivity index (χ0n) is 57.0. The summed E-state index contributed by atoms with van der Waals surface area (Å²) in [6.07, 6.45) is -6.13. The van der Waals surface area contributed by atoms with Gasteiger partial charge in [-0.3, -0.25) is 50.6 Å². The van der Waals surface area contributed by atoms with Gasteiger partial charge in [-0.1, -0.05) is 54.6 Å². The Hall–Kier alpha value is -8.72. The van der Waals surface area contributed by atoms with Crippen molar-refractivity contribution in [1.82, 2.24) is 53.3 Å². The van der Waals surface area contributed by atoms with Crippen molar-refractivity contribution in [1.29, 1.82) is 15.8 Å². The Labute approximate surface area is 592 Å². The van der Waals surface area contributed by atoms with Crippen LogP contribution in [-0.2, 0) is 69.9 Å². The highest BCUT2D eigenvalue weighted by molar-refractivity contribution is 7.48. The van der Waals surface area contributed by atoms with Crippen molar-refractivity contribution >= 4 is 64.1 Å². The van der Waals surface area contributed by atoms with Crippen LogP contribution in [0.1, 0.15) is 102 Å². The van der Waals surface area contributed by atoms with E-state index in [-0.39, 0.29) is 92.6 Å². The molecule has 0 radical (unpaired) electrons. The van der Waals surface area contributed by atoms with Gasteiger partial charge in [0.05, 0.1) is 110 Å². The van der Waals surface area contributed by atoms with Crippen LogP contribution in [0.4, 0.5) is 17.6 Å². The molecule has 35 nitrogen and oxygen atoms in total. The molecule has 7 N–H and O–H groups in total. The molecule has 8 heterocycles. The number of phosphoric acid groups is 2. The van der Waals surface area contributed by atoms with Crippen LogP contribution in [-0.4, -0.2) is 156 Å². The first-order valence-corrected chi connectivity index (χ1v) is 36.8. The standard InChI is InChI=1S/C65H78N17O18P3/c1-40(2)82(41(3)4)101(90-28-10-24-66)98-47-31-55(80-38-74-57-59(70)72-37-73-60(57)80)96-51(47)35-93-102(85,91-29-11-25-67)100-49-32-54(79-27-23-53(69)76-64(79)84)97-52(49)36-94-103(86,92-30-12-26-68)99-48-33-56(81-39-75-58-61(81)77-63(71)78-62(58)83)95-50(48)34-89-65(42-13-8-7-9-14-42,43-15-19-45(87-5)20-16-43)44-17-21-46(88-6)22-18-44/h7-9,13-23,27,37-41,47-52,54-56H,10-12,28-36H2,1-6H3,(H2,69,76,84)(H2,70,72,73)(H3,71,77,78,83)/t47-,48-,49-,50+,51+,52+,54+,55+,56+,101?,102?,103?/m0/s1. The predicted octanol–water partition coefficient (Wildman–Crippen LogP) is 8.39. The molecule has 3 unspecified atom stereocenters. The number of fused-ring (bicyclic) bond motifs is 2. The fraction of sp³-hybridized carbons (Fsp3) is 0.462. The maximum Gasteiger partial charge on any atom is 0.475 e. The second-order valence-corrected chi connectivity index (χ2v) is 28.9. The quantitative estimate of drug-likeness (QED) is 0.0164. The minimum Gasteiger partial charge on any atom is -0.497 e. The molecule has 11 rings (SSSR count). The lowest BCUT2D eigenvalue weighted by molar-refractivity contribution is -0.0949. The van der Waals surface area contributed by atoms with Gasteiger partial charge in [-0.05, 0) is 74.7 Å². The van der Waals surface area contributed by atoms with E-state index in [9.17, 15) is 25.4 Å². The van der Waals surface area contributed by atoms with Crippen molar-refractivity contribution in [3.63, 3.8) is 0 Å². The molecule has 38 heteroatoms. The van der Waals surface area contributed by atoms with Crippen LogP contribution >= 0.6 is 24.2 Å². The molecule has 3 aromatic carbocycles. The summed E-state index contributed by atoms with van der Waals surface area (Å²) in [4.78, 5) is 54.7. The van der Waals surface area contributed by atoms with E-state index < -0.39 is 123 Å². The number of nitriles is 3. The van der Waals surface area contributed by atoms with E-state index in [1.807, 2.05) is 99.1 Å². The van der Waals surface area contributed by atoms with E-state index in [2.05, 4.69) is 41.0 Å². The summed E-state index contributed by atoms with van der Waals surface area (Å²) >= 11 is 0. The van der Waals surface area contributed by atoms with Crippen LogP contribution in [0.25, 0.3) is 22.3 Å². The Morgan fingerprint density at radius 3 is 1.67 bits per heavy atom. The largest absolute Gasteiger partial charge is 0.497 e. The molecule has 0 bridgehead atoms. The number of nitrogen functional groups attached to an aromatic ring is 3. The number of aromatic nitrogens is 10. The molecule has 103 heavy (non-hydrogen) atoms. The first-order chi connectivity index (χ1) is 49.7. The Morgan fingerprint density at radius 1 is 0.621 bits per heavy atom. The van der Waals surface area contributed by atoms with Crippen LogP contribution < -0.4 is 37.9 Å². The van der Waals surface area contributed by atoms with Gasteiger partial charge in [-0.2, -0.15) is 25.8 Å². The molecule has 5 aromatic heterocycles. The second-order valence-electron chi connectivity index (χ2n) is 24.3. The van der Waals surface area contributed by atoms with E-state index >= 15 is 9.13 Å². The number of hydrogen-bond donors (Lipinski definition) is 4. The summed E-state index contributed by atoms with van der Waals surface area (Å²) in [5, 5.41) is 29.1. The summed E-state index contributed by atoms with van der Waals surface area (Å²) in [6, 6.07) is 31.2. The summed E-state index contributed by atoms with van der Waals surface area (Å²) < 4.78 is 127. The van der Waals surface area contributed by atoms with Crippen molar-refractivity contribution in [3.05, 3.63) is 148 Å². The summed E-state index contributed by atoms with van der Waals surface area (Å²) in [5.74, 6) is 0.948. The predicted molar refractivity (Wildman–Crippen MR) is 368 cm³/mol. The van der Waals surface area contributed by atoms with Crippen LogP contribution in [0.15, 0.2) is 120 Å². The summed E-state index contributed by atoms with van der Waals surface area (Å²) in [7, 11) is -8.84. The second kappa shape index (κ2) is 33.8. The van der Waals surface area contributed by atoms with Crippen molar-refractivity contribution < 1.29 is 73.7 Å². The first kappa shape index (κ1) is 75.4. The van der Waals surface area contributed by atoms with Crippen molar-refractivity contribution in [2.45, 2.75) is 139 Å². The van der Waals surface area contributed by atoms with E-state index in [4.69, 9.17) is 81.8 Å². The number of nitrogens with two attached hydrogens (primary N) is 3. The number of ether oxygens (including phenoxy) is 6. The van der Waals surface area contributed by atoms with Crippen molar-refractivity contribution in [2.24, 2.45) is 0 Å². The molecule has 3 saturated heterocycles. The van der Waals surface area contributed by atoms with Gasteiger partial charge < -0.3 is 54.7 Å². The molecule has 546 valence electrons. The van der Waals surface area contributed by atoms with E-state index in [1.165, 1.54) is 35.8 Å². The van der Waals surface area contributed by atoms with Gasteiger partial charge in [0, 0.05) is 37.5 Å². The summed E-state index contributed by atoms with van der Waals surface area (Å²) in [5.41, 5.74) is 17.9. The number of aromatic amines is 1. The van der Waals surface area contributed by atoms with Crippen LogP contribution in [0.3, 0.4) is 0 Å². The summed E-state index contributed by atoms with van der Waals surface area (Å²) in [6.45, 7) is 5.28. The molecule has 0 spiro atoms. The number of nitrogens with zero attached hydrogens (tertiary/aromatic N) is 13. The minimum absolute atomic E-state index is 0.0386. The molecule has 3 aliphatic rings. The zero-order chi connectivity index (χ0) is 73.0. The fourth-order valence-electron chi connectivity index (χ4n) is 12.2. The Kier molecular flexibility index (Phi) is 24.8. The lowest BCUT2D eigenvalue weighted by Crippen LogP contribution is -2.38. The lowest BCUT2D eigenvalue weighted by Gasteiger charge is -2.37. The highest BCUT2D eigenvalue weighted by Gasteiger charge is 2.50. The number of hydrogen-bond acceptors (Lipinski definition) is 31.